The molecule has 0 unspecified atom stereocenters. The van der Waals surface area contributed by atoms with Gasteiger partial charge in [0.1, 0.15) is 0 Å². The summed E-state index contributed by atoms with van der Waals surface area (Å²) in [5.41, 5.74) is 1.95. The van der Waals surface area contributed by atoms with E-state index in [9.17, 15) is 24.6 Å². The highest BCUT2D eigenvalue weighted by Gasteiger charge is 2.44. The van der Waals surface area contributed by atoms with Crippen LogP contribution in [0.2, 0.25) is 0 Å². The maximum absolute atomic E-state index is 12.9. The van der Waals surface area contributed by atoms with Gasteiger partial charge in [0, 0.05) is 11.6 Å². The molecule has 3 rings (SSSR count). The SMILES string of the molecule is Cc1cccc([C@H]2C(C(=O)C(C)C)=C(O)C(=O)N2c2cccc(C(=O)O)c2)c1. The van der Waals surface area contributed by atoms with Crippen LogP contribution in [0, 0.1) is 12.8 Å². The molecule has 0 aliphatic carbocycles. The Bertz CT molecular complexity index is 1010. The zero-order chi connectivity index (χ0) is 20.6. The minimum Gasteiger partial charge on any atom is -0.503 e. The summed E-state index contributed by atoms with van der Waals surface area (Å²) in [6, 6.07) is 12.4. The molecule has 6 nitrogen and oxygen atoms in total. The van der Waals surface area contributed by atoms with E-state index in [4.69, 9.17) is 0 Å². The molecule has 28 heavy (non-hydrogen) atoms. The van der Waals surface area contributed by atoms with Gasteiger partial charge in [-0.2, -0.15) is 0 Å². The summed E-state index contributed by atoms with van der Waals surface area (Å²) in [4.78, 5) is 38.4. The molecule has 0 saturated carbocycles. The number of carbonyl (C=O) groups excluding carboxylic acids is 2. The van der Waals surface area contributed by atoms with E-state index in [2.05, 4.69) is 0 Å². The fourth-order valence-corrected chi connectivity index (χ4v) is 3.38. The molecule has 0 fully saturated rings. The Kier molecular flexibility index (Phi) is 5.05. The zero-order valence-corrected chi connectivity index (χ0v) is 15.8. The van der Waals surface area contributed by atoms with Gasteiger partial charge in [-0.05, 0) is 30.7 Å². The Balaban J connectivity index is 2.21. The number of aliphatic hydroxyl groups is 1. The number of hydrogen-bond donors (Lipinski definition) is 2. The maximum Gasteiger partial charge on any atom is 0.335 e. The number of aromatic carboxylic acids is 1. The topological polar surface area (TPSA) is 94.9 Å². The molecular formula is C22H21NO5. The Morgan fingerprint density at radius 3 is 2.36 bits per heavy atom. The van der Waals surface area contributed by atoms with E-state index in [1.807, 2.05) is 25.1 Å². The quantitative estimate of drug-likeness (QED) is 0.823. The number of carbonyl (C=O) groups is 3. The van der Waals surface area contributed by atoms with Gasteiger partial charge in [0.05, 0.1) is 17.2 Å². The number of Topliss-reactive ketones (excluding diaryl/α,β-unsaturated/α-hetero) is 1. The molecule has 2 N–H and O–H groups in total. The van der Waals surface area contributed by atoms with Crippen LogP contribution in [0.15, 0.2) is 59.9 Å². The first-order chi connectivity index (χ1) is 13.2. The molecule has 1 heterocycles. The van der Waals surface area contributed by atoms with Crippen LogP contribution in [0.25, 0.3) is 0 Å². The molecular weight excluding hydrogens is 358 g/mol. The number of carboxylic acids is 1. The Morgan fingerprint density at radius 1 is 1.07 bits per heavy atom. The maximum atomic E-state index is 12.9. The van der Waals surface area contributed by atoms with Crippen molar-refractivity contribution >= 4 is 23.3 Å². The highest BCUT2D eigenvalue weighted by molar-refractivity contribution is 6.17. The van der Waals surface area contributed by atoms with Gasteiger partial charge >= 0.3 is 5.97 Å². The molecule has 1 atom stereocenters. The average molecular weight is 379 g/mol. The van der Waals surface area contributed by atoms with Gasteiger partial charge in [-0.3, -0.25) is 14.5 Å². The van der Waals surface area contributed by atoms with Crippen molar-refractivity contribution in [2.24, 2.45) is 5.92 Å². The number of carboxylic acid groups (broad SMARTS) is 1. The molecule has 1 aliphatic heterocycles. The molecule has 0 bridgehead atoms. The minimum atomic E-state index is -1.13. The number of anilines is 1. The minimum absolute atomic E-state index is 0.0106. The van der Waals surface area contributed by atoms with Crippen molar-refractivity contribution in [2.75, 3.05) is 4.90 Å². The number of rotatable bonds is 5. The van der Waals surface area contributed by atoms with Crippen LogP contribution in [-0.2, 0) is 9.59 Å². The van der Waals surface area contributed by atoms with Crippen molar-refractivity contribution < 1.29 is 24.6 Å². The summed E-state index contributed by atoms with van der Waals surface area (Å²) in [5.74, 6) is -3.18. The fraction of sp³-hybridized carbons (Fsp3) is 0.227. The van der Waals surface area contributed by atoms with Crippen LogP contribution in [-0.4, -0.2) is 27.9 Å². The van der Waals surface area contributed by atoms with E-state index in [0.29, 0.717) is 11.3 Å². The third kappa shape index (κ3) is 3.29. The zero-order valence-electron chi connectivity index (χ0n) is 15.8. The lowest BCUT2D eigenvalue weighted by Crippen LogP contribution is -2.31. The summed E-state index contributed by atoms with van der Waals surface area (Å²) in [5, 5.41) is 19.8. The summed E-state index contributed by atoms with van der Waals surface area (Å²) >= 11 is 0. The third-order valence-corrected chi connectivity index (χ3v) is 4.73. The number of nitrogens with zero attached hydrogens (tertiary/aromatic N) is 1. The monoisotopic (exact) mass is 379 g/mol. The molecule has 0 spiro atoms. The van der Waals surface area contributed by atoms with Gasteiger partial charge in [0.25, 0.3) is 5.91 Å². The highest BCUT2D eigenvalue weighted by atomic mass is 16.4. The van der Waals surface area contributed by atoms with E-state index >= 15 is 0 Å². The van der Waals surface area contributed by atoms with Gasteiger partial charge in [-0.1, -0.05) is 49.7 Å². The van der Waals surface area contributed by atoms with Crippen molar-refractivity contribution in [2.45, 2.75) is 26.8 Å². The van der Waals surface area contributed by atoms with Crippen LogP contribution < -0.4 is 4.90 Å². The Labute approximate surface area is 162 Å². The molecule has 1 aliphatic rings. The summed E-state index contributed by atoms with van der Waals surface area (Å²) in [6.07, 6.45) is 0. The van der Waals surface area contributed by atoms with Crippen LogP contribution in [0.5, 0.6) is 0 Å². The van der Waals surface area contributed by atoms with Crippen LogP contribution in [0.3, 0.4) is 0 Å². The lowest BCUT2D eigenvalue weighted by molar-refractivity contribution is -0.119. The van der Waals surface area contributed by atoms with E-state index in [1.54, 1.807) is 26.0 Å². The highest BCUT2D eigenvalue weighted by Crippen LogP contribution is 2.42. The van der Waals surface area contributed by atoms with E-state index in [0.717, 1.165) is 5.56 Å². The second-order valence-corrected chi connectivity index (χ2v) is 7.13. The molecule has 2 aromatic carbocycles. The van der Waals surface area contributed by atoms with Gasteiger partial charge < -0.3 is 10.2 Å². The molecule has 1 amide bonds. The lowest BCUT2D eigenvalue weighted by atomic mass is 9.90. The molecule has 2 aromatic rings. The van der Waals surface area contributed by atoms with E-state index in [1.165, 1.54) is 23.1 Å². The molecule has 0 aromatic heterocycles. The molecule has 144 valence electrons. The largest absolute Gasteiger partial charge is 0.503 e. The number of benzene rings is 2. The average Bonchev–Trinajstić information content (AvgIpc) is 2.92. The second kappa shape index (κ2) is 7.31. The van der Waals surface area contributed by atoms with Crippen LogP contribution >= 0.6 is 0 Å². The first kappa shape index (κ1) is 19.4. The normalized spacial score (nSPS) is 16.8. The van der Waals surface area contributed by atoms with Gasteiger partial charge in [0.15, 0.2) is 11.5 Å². The van der Waals surface area contributed by atoms with Gasteiger partial charge in [-0.25, -0.2) is 4.79 Å². The van der Waals surface area contributed by atoms with Crippen LogP contribution in [0.1, 0.15) is 41.4 Å². The van der Waals surface area contributed by atoms with Crippen LogP contribution in [0.4, 0.5) is 5.69 Å². The summed E-state index contributed by atoms with van der Waals surface area (Å²) < 4.78 is 0. The first-order valence-corrected chi connectivity index (χ1v) is 8.93. The number of aryl methyl sites for hydroxylation is 1. The molecule has 0 radical (unpaired) electrons. The number of ketones is 1. The fourth-order valence-electron chi connectivity index (χ4n) is 3.38. The number of amides is 1. The van der Waals surface area contributed by atoms with Crippen molar-refractivity contribution in [3.63, 3.8) is 0 Å². The predicted molar refractivity (Wildman–Crippen MR) is 104 cm³/mol. The van der Waals surface area contributed by atoms with Crippen molar-refractivity contribution in [1.29, 1.82) is 0 Å². The smallest absolute Gasteiger partial charge is 0.335 e. The summed E-state index contributed by atoms with van der Waals surface area (Å²) in [6.45, 7) is 5.30. The predicted octanol–water partition coefficient (Wildman–Crippen LogP) is 3.82. The van der Waals surface area contributed by atoms with Crippen molar-refractivity contribution in [3.8, 4) is 0 Å². The Morgan fingerprint density at radius 2 is 1.75 bits per heavy atom. The van der Waals surface area contributed by atoms with Crippen molar-refractivity contribution in [1.82, 2.24) is 0 Å². The van der Waals surface area contributed by atoms with E-state index in [-0.39, 0.29) is 16.9 Å². The van der Waals surface area contributed by atoms with Crippen molar-refractivity contribution in [3.05, 3.63) is 76.6 Å². The third-order valence-electron chi connectivity index (χ3n) is 4.73. The molecule has 0 saturated heterocycles. The van der Waals surface area contributed by atoms with Gasteiger partial charge in [-0.15, -0.1) is 0 Å². The Hall–Kier alpha value is -3.41. The number of hydrogen-bond acceptors (Lipinski definition) is 4. The lowest BCUT2D eigenvalue weighted by Gasteiger charge is -2.27. The standard InChI is InChI=1S/C22H21NO5/c1-12(2)19(24)17-18(14-7-4-6-13(3)10-14)23(21(26)20(17)25)16-9-5-8-15(11-16)22(27)28/h4-12,18,25H,1-3H3,(H,27,28)/t18-/m0/s1. The number of aliphatic hydroxyl groups excluding tert-OH is 1. The van der Waals surface area contributed by atoms with Gasteiger partial charge in [0.2, 0.25) is 0 Å². The van der Waals surface area contributed by atoms with E-state index < -0.39 is 29.6 Å². The molecule has 6 heteroatoms. The first-order valence-electron chi connectivity index (χ1n) is 8.93. The second-order valence-electron chi connectivity index (χ2n) is 7.13. The summed E-state index contributed by atoms with van der Waals surface area (Å²) in [7, 11) is 0.